The van der Waals surface area contributed by atoms with Crippen LogP contribution in [0.15, 0.2) is 0 Å². The maximum atomic E-state index is 11.5. The summed E-state index contributed by atoms with van der Waals surface area (Å²) in [6.07, 6.45) is 0.912. The minimum absolute atomic E-state index is 0.277. The van der Waals surface area contributed by atoms with Gasteiger partial charge >= 0.3 is 5.97 Å². The molecule has 84 valence electrons. The van der Waals surface area contributed by atoms with E-state index >= 15 is 0 Å². The summed E-state index contributed by atoms with van der Waals surface area (Å²) in [5.41, 5.74) is 0. The normalized spacial score (nSPS) is 13.9. The van der Waals surface area contributed by atoms with Gasteiger partial charge in [-0.05, 0) is 20.3 Å². The summed E-state index contributed by atoms with van der Waals surface area (Å²) < 4.78 is 15.5. The molecule has 0 rings (SSSR count). The highest BCUT2D eigenvalue weighted by atomic mass is 32.2. The second kappa shape index (κ2) is 6.14. The first-order valence-electron chi connectivity index (χ1n) is 4.62. The SMILES string of the molecule is CCCOCCS(=O)C(C)(C)C(=O)O. The van der Waals surface area contributed by atoms with Gasteiger partial charge in [0, 0.05) is 23.2 Å². The molecule has 0 aliphatic heterocycles. The Balaban J connectivity index is 3.90. The summed E-state index contributed by atoms with van der Waals surface area (Å²) >= 11 is 0. The van der Waals surface area contributed by atoms with Crippen LogP contribution in [0.3, 0.4) is 0 Å². The van der Waals surface area contributed by atoms with Crippen LogP contribution in [-0.2, 0) is 20.3 Å². The topological polar surface area (TPSA) is 63.6 Å². The molecule has 1 atom stereocenters. The highest BCUT2D eigenvalue weighted by Gasteiger charge is 2.33. The number of rotatable bonds is 7. The van der Waals surface area contributed by atoms with E-state index in [1.165, 1.54) is 13.8 Å². The monoisotopic (exact) mass is 222 g/mol. The van der Waals surface area contributed by atoms with Crippen molar-refractivity contribution in [1.29, 1.82) is 0 Å². The van der Waals surface area contributed by atoms with E-state index in [1.54, 1.807) is 0 Å². The fraction of sp³-hybridized carbons (Fsp3) is 0.889. The van der Waals surface area contributed by atoms with Gasteiger partial charge in [-0.2, -0.15) is 0 Å². The zero-order valence-electron chi connectivity index (χ0n) is 8.91. The van der Waals surface area contributed by atoms with Crippen LogP contribution < -0.4 is 0 Å². The first-order chi connectivity index (χ1) is 6.42. The van der Waals surface area contributed by atoms with E-state index in [4.69, 9.17) is 9.84 Å². The molecule has 0 aromatic carbocycles. The van der Waals surface area contributed by atoms with E-state index in [2.05, 4.69) is 0 Å². The van der Waals surface area contributed by atoms with Gasteiger partial charge in [0.25, 0.3) is 0 Å². The van der Waals surface area contributed by atoms with Crippen LogP contribution in [0.2, 0.25) is 0 Å². The van der Waals surface area contributed by atoms with Crippen molar-refractivity contribution in [3.8, 4) is 0 Å². The van der Waals surface area contributed by atoms with E-state index < -0.39 is 21.5 Å². The van der Waals surface area contributed by atoms with Gasteiger partial charge in [-0.1, -0.05) is 6.92 Å². The number of aliphatic carboxylic acids is 1. The summed E-state index contributed by atoms with van der Waals surface area (Å²) in [4.78, 5) is 10.7. The van der Waals surface area contributed by atoms with Crippen molar-refractivity contribution in [2.75, 3.05) is 19.0 Å². The lowest BCUT2D eigenvalue weighted by molar-refractivity contribution is -0.139. The lowest BCUT2D eigenvalue weighted by atomic mass is 10.2. The van der Waals surface area contributed by atoms with Gasteiger partial charge in [-0.15, -0.1) is 0 Å². The van der Waals surface area contributed by atoms with Crippen LogP contribution in [-0.4, -0.2) is 39.0 Å². The number of hydrogen-bond donors (Lipinski definition) is 1. The Morgan fingerprint density at radius 3 is 2.43 bits per heavy atom. The summed E-state index contributed by atoms with van der Waals surface area (Å²) in [7, 11) is -1.39. The van der Waals surface area contributed by atoms with Gasteiger partial charge in [0.15, 0.2) is 0 Å². The van der Waals surface area contributed by atoms with Crippen LogP contribution in [0, 0.1) is 0 Å². The van der Waals surface area contributed by atoms with Gasteiger partial charge in [0.1, 0.15) is 4.75 Å². The fourth-order valence-electron chi connectivity index (χ4n) is 0.734. The van der Waals surface area contributed by atoms with Crippen molar-refractivity contribution in [3.05, 3.63) is 0 Å². The average Bonchev–Trinajstić information content (AvgIpc) is 2.11. The highest BCUT2D eigenvalue weighted by molar-refractivity contribution is 7.87. The van der Waals surface area contributed by atoms with E-state index in [9.17, 15) is 9.00 Å². The van der Waals surface area contributed by atoms with Crippen molar-refractivity contribution in [2.24, 2.45) is 0 Å². The van der Waals surface area contributed by atoms with Crippen molar-refractivity contribution >= 4 is 16.8 Å². The number of ether oxygens (including phenoxy) is 1. The van der Waals surface area contributed by atoms with Crippen molar-refractivity contribution < 1.29 is 18.8 Å². The summed E-state index contributed by atoms with van der Waals surface area (Å²) in [6.45, 7) is 5.90. The molecule has 0 heterocycles. The Kier molecular flexibility index (Phi) is 5.95. The molecule has 0 spiro atoms. The predicted octanol–water partition coefficient (Wildman–Crippen LogP) is 1.02. The van der Waals surface area contributed by atoms with Crippen LogP contribution in [0.25, 0.3) is 0 Å². The molecular formula is C9H18O4S. The zero-order chi connectivity index (χ0) is 11.2. The first kappa shape index (κ1) is 13.6. The van der Waals surface area contributed by atoms with Gasteiger partial charge < -0.3 is 9.84 Å². The molecule has 0 fully saturated rings. The summed E-state index contributed by atoms with van der Waals surface area (Å²) in [5, 5.41) is 8.78. The number of carboxylic acid groups (broad SMARTS) is 1. The molecule has 5 heteroatoms. The third-order valence-electron chi connectivity index (χ3n) is 1.85. The molecule has 1 unspecified atom stereocenters. The number of hydrogen-bond acceptors (Lipinski definition) is 3. The molecular weight excluding hydrogens is 204 g/mol. The van der Waals surface area contributed by atoms with Crippen LogP contribution in [0.1, 0.15) is 27.2 Å². The summed E-state index contributed by atoms with van der Waals surface area (Å²) in [5.74, 6) is -0.759. The molecule has 0 bridgehead atoms. The second-order valence-corrected chi connectivity index (χ2v) is 5.60. The Bertz CT molecular complexity index is 213. The Morgan fingerprint density at radius 1 is 1.43 bits per heavy atom. The molecule has 0 aliphatic rings. The number of carboxylic acids is 1. The largest absolute Gasteiger partial charge is 0.480 e. The maximum absolute atomic E-state index is 11.5. The third kappa shape index (κ3) is 4.19. The van der Waals surface area contributed by atoms with Crippen LogP contribution >= 0.6 is 0 Å². The van der Waals surface area contributed by atoms with Crippen LogP contribution in [0.4, 0.5) is 0 Å². The van der Waals surface area contributed by atoms with Gasteiger partial charge in [0.05, 0.1) is 6.61 Å². The lowest BCUT2D eigenvalue weighted by Gasteiger charge is -2.18. The van der Waals surface area contributed by atoms with Gasteiger partial charge in [0.2, 0.25) is 0 Å². The van der Waals surface area contributed by atoms with E-state index in [-0.39, 0.29) is 5.75 Å². The van der Waals surface area contributed by atoms with E-state index in [1.807, 2.05) is 6.92 Å². The lowest BCUT2D eigenvalue weighted by Crippen LogP contribution is -2.38. The van der Waals surface area contributed by atoms with Gasteiger partial charge in [-0.25, -0.2) is 0 Å². The van der Waals surface area contributed by atoms with Crippen molar-refractivity contribution in [2.45, 2.75) is 31.9 Å². The van der Waals surface area contributed by atoms with Gasteiger partial charge in [-0.3, -0.25) is 9.00 Å². The molecule has 14 heavy (non-hydrogen) atoms. The molecule has 0 radical (unpaired) electrons. The van der Waals surface area contributed by atoms with Crippen molar-refractivity contribution in [3.63, 3.8) is 0 Å². The quantitative estimate of drug-likeness (QED) is 0.653. The predicted molar refractivity (Wildman–Crippen MR) is 55.8 cm³/mol. The minimum Gasteiger partial charge on any atom is -0.480 e. The summed E-state index contributed by atoms with van der Waals surface area (Å²) in [6, 6.07) is 0. The molecule has 0 amide bonds. The minimum atomic E-state index is -1.39. The molecule has 0 aromatic heterocycles. The van der Waals surface area contributed by atoms with E-state index in [0.717, 1.165) is 6.42 Å². The Morgan fingerprint density at radius 2 is 2.00 bits per heavy atom. The fourth-order valence-corrected chi connectivity index (χ4v) is 1.71. The van der Waals surface area contributed by atoms with Crippen molar-refractivity contribution in [1.82, 2.24) is 0 Å². The third-order valence-corrected chi connectivity index (χ3v) is 3.70. The zero-order valence-corrected chi connectivity index (χ0v) is 9.73. The molecule has 0 aliphatic carbocycles. The second-order valence-electron chi connectivity index (χ2n) is 3.48. The number of carbonyl (C=O) groups is 1. The average molecular weight is 222 g/mol. The maximum Gasteiger partial charge on any atom is 0.321 e. The molecule has 4 nitrogen and oxygen atoms in total. The molecule has 0 saturated heterocycles. The molecule has 0 saturated carbocycles. The molecule has 1 N–H and O–H groups in total. The highest BCUT2D eigenvalue weighted by Crippen LogP contribution is 2.13. The molecule has 0 aromatic rings. The van der Waals surface area contributed by atoms with E-state index in [0.29, 0.717) is 13.2 Å². The Hall–Kier alpha value is -0.420. The van der Waals surface area contributed by atoms with Crippen LogP contribution in [0.5, 0.6) is 0 Å². The first-order valence-corrected chi connectivity index (χ1v) is 5.94. The Labute approximate surface area is 87.1 Å². The standard InChI is InChI=1S/C9H18O4S/c1-4-5-13-6-7-14(12)9(2,3)8(10)11/h4-7H2,1-3H3,(H,10,11). The smallest absolute Gasteiger partial charge is 0.321 e.